The summed E-state index contributed by atoms with van der Waals surface area (Å²) < 4.78 is 53.8. The van der Waals surface area contributed by atoms with Gasteiger partial charge < -0.3 is 0 Å². The molecule has 2 N–H and O–H groups in total. The highest BCUT2D eigenvalue weighted by atomic mass is 32.2. The van der Waals surface area contributed by atoms with Crippen molar-refractivity contribution in [3.05, 3.63) is 48.8 Å². The van der Waals surface area contributed by atoms with Crippen LogP contribution in [-0.2, 0) is 20.0 Å². The van der Waals surface area contributed by atoms with Crippen LogP contribution < -0.4 is 9.44 Å². The zero-order valence-electron chi connectivity index (χ0n) is 12.7. The van der Waals surface area contributed by atoms with Crippen LogP contribution in [0.25, 0.3) is 0 Å². The van der Waals surface area contributed by atoms with Crippen molar-refractivity contribution in [3.63, 3.8) is 0 Å². The van der Waals surface area contributed by atoms with E-state index >= 15 is 0 Å². The van der Waals surface area contributed by atoms with Gasteiger partial charge in [0.25, 0.3) is 10.0 Å². The minimum atomic E-state index is -3.78. The number of nitrogens with zero attached hydrogens (tertiary/aromatic N) is 1. The summed E-state index contributed by atoms with van der Waals surface area (Å²) in [7, 11) is -7.39. The topological polar surface area (TPSA) is 105 Å². The number of sulfonamides is 2. The van der Waals surface area contributed by atoms with Gasteiger partial charge in [0.2, 0.25) is 10.0 Å². The van der Waals surface area contributed by atoms with E-state index in [0.29, 0.717) is 18.2 Å². The minimum Gasteiger partial charge on any atom is -0.280 e. The van der Waals surface area contributed by atoms with Crippen molar-refractivity contribution in [2.24, 2.45) is 5.92 Å². The molecule has 0 unspecified atom stereocenters. The van der Waals surface area contributed by atoms with Crippen LogP contribution >= 0.6 is 0 Å². The van der Waals surface area contributed by atoms with Gasteiger partial charge in [-0.2, -0.15) is 0 Å². The van der Waals surface area contributed by atoms with Gasteiger partial charge in [-0.05, 0) is 55.2 Å². The summed E-state index contributed by atoms with van der Waals surface area (Å²) in [4.78, 5) is 3.85. The second kappa shape index (κ2) is 6.50. The third-order valence-electron chi connectivity index (χ3n) is 3.64. The van der Waals surface area contributed by atoms with Crippen LogP contribution in [0.5, 0.6) is 0 Å². The predicted octanol–water partition coefficient (Wildman–Crippen LogP) is 1.57. The summed E-state index contributed by atoms with van der Waals surface area (Å²) in [5.41, 5.74) is 0.382. The maximum absolute atomic E-state index is 12.3. The number of hydrogen-bond donors (Lipinski definition) is 2. The monoisotopic (exact) mass is 367 g/mol. The SMILES string of the molecule is O=S(=O)(NCC1CC1)c1ccc(S(=O)(=O)Nc2ccncc2)cc1. The molecule has 1 saturated carbocycles. The highest BCUT2D eigenvalue weighted by Crippen LogP contribution is 2.28. The first kappa shape index (κ1) is 16.9. The lowest BCUT2D eigenvalue weighted by Crippen LogP contribution is -2.25. The van der Waals surface area contributed by atoms with Gasteiger partial charge in [0.1, 0.15) is 0 Å². The molecule has 0 amide bonds. The van der Waals surface area contributed by atoms with Crippen LogP contribution in [-0.4, -0.2) is 28.4 Å². The van der Waals surface area contributed by atoms with E-state index in [4.69, 9.17) is 0 Å². The molecule has 0 radical (unpaired) electrons. The summed E-state index contributed by atoms with van der Waals surface area (Å²) in [6.45, 7) is 0.423. The van der Waals surface area contributed by atoms with Gasteiger partial charge >= 0.3 is 0 Å². The van der Waals surface area contributed by atoms with Gasteiger partial charge in [0.05, 0.1) is 15.5 Å². The Hall–Kier alpha value is -1.97. The molecular formula is C15H17N3O4S2. The van der Waals surface area contributed by atoms with E-state index in [1.165, 1.54) is 48.8 Å². The standard InChI is InChI=1S/C15H17N3O4S2/c19-23(20,17-11-12-1-2-12)14-3-5-15(6-4-14)24(21,22)18-13-7-9-16-10-8-13/h3-10,12,17H,1-2,11H2,(H,16,18). The first-order valence-corrected chi connectivity index (χ1v) is 10.4. The zero-order valence-corrected chi connectivity index (χ0v) is 14.3. The third-order valence-corrected chi connectivity index (χ3v) is 6.47. The quantitative estimate of drug-likeness (QED) is 0.773. The lowest BCUT2D eigenvalue weighted by molar-refractivity contribution is 0.577. The van der Waals surface area contributed by atoms with Crippen molar-refractivity contribution in [3.8, 4) is 0 Å². The Morgan fingerprint density at radius 3 is 1.96 bits per heavy atom. The summed E-state index contributed by atoms with van der Waals surface area (Å²) in [5, 5.41) is 0. The molecule has 0 bridgehead atoms. The molecule has 2 aromatic rings. The Kier molecular flexibility index (Phi) is 4.57. The van der Waals surface area contributed by atoms with Gasteiger partial charge in [-0.25, -0.2) is 21.6 Å². The highest BCUT2D eigenvalue weighted by Gasteiger charge is 2.24. The Bertz CT molecular complexity index is 907. The van der Waals surface area contributed by atoms with Gasteiger partial charge in [0.15, 0.2) is 0 Å². The maximum Gasteiger partial charge on any atom is 0.261 e. The van der Waals surface area contributed by atoms with Crippen LogP contribution in [0.2, 0.25) is 0 Å². The van der Waals surface area contributed by atoms with Gasteiger partial charge in [0, 0.05) is 18.9 Å². The number of aromatic nitrogens is 1. The van der Waals surface area contributed by atoms with Crippen molar-refractivity contribution < 1.29 is 16.8 Å². The molecule has 0 aliphatic heterocycles. The Balaban J connectivity index is 1.75. The van der Waals surface area contributed by atoms with Crippen LogP contribution in [0.1, 0.15) is 12.8 Å². The van der Waals surface area contributed by atoms with E-state index in [1.54, 1.807) is 0 Å². The van der Waals surface area contributed by atoms with E-state index < -0.39 is 20.0 Å². The minimum absolute atomic E-state index is 0.0135. The summed E-state index contributed by atoms with van der Waals surface area (Å²) in [6, 6.07) is 8.17. The van der Waals surface area contributed by atoms with Crippen molar-refractivity contribution in [1.82, 2.24) is 9.71 Å². The maximum atomic E-state index is 12.3. The molecule has 0 saturated heterocycles. The molecule has 9 heteroatoms. The average molecular weight is 367 g/mol. The smallest absolute Gasteiger partial charge is 0.261 e. The molecule has 128 valence electrons. The second-order valence-electron chi connectivity index (χ2n) is 5.61. The molecule has 7 nitrogen and oxygen atoms in total. The lowest BCUT2D eigenvalue weighted by Gasteiger charge is -2.09. The van der Waals surface area contributed by atoms with E-state index in [-0.39, 0.29) is 9.79 Å². The molecule has 1 heterocycles. The Labute approximate surface area is 141 Å². The van der Waals surface area contributed by atoms with Crippen LogP contribution in [0.3, 0.4) is 0 Å². The number of pyridine rings is 1. The molecule has 24 heavy (non-hydrogen) atoms. The molecule has 1 aromatic carbocycles. The van der Waals surface area contributed by atoms with Crippen molar-refractivity contribution in [2.45, 2.75) is 22.6 Å². The molecule has 1 aliphatic carbocycles. The highest BCUT2D eigenvalue weighted by molar-refractivity contribution is 7.92. The van der Waals surface area contributed by atoms with Crippen LogP contribution in [0.15, 0.2) is 58.6 Å². The van der Waals surface area contributed by atoms with Gasteiger partial charge in [-0.15, -0.1) is 0 Å². The first-order chi connectivity index (χ1) is 11.4. The summed E-state index contributed by atoms with van der Waals surface area (Å²) in [5.74, 6) is 0.420. The first-order valence-electron chi connectivity index (χ1n) is 7.39. The second-order valence-corrected chi connectivity index (χ2v) is 9.06. The van der Waals surface area contributed by atoms with Gasteiger partial charge in [-0.1, -0.05) is 0 Å². The van der Waals surface area contributed by atoms with E-state index in [2.05, 4.69) is 14.4 Å². The largest absolute Gasteiger partial charge is 0.280 e. The molecule has 0 atom stereocenters. The summed E-state index contributed by atoms with van der Waals surface area (Å²) in [6.07, 6.45) is 5.03. The molecular weight excluding hydrogens is 350 g/mol. The van der Waals surface area contributed by atoms with Crippen molar-refractivity contribution in [2.75, 3.05) is 11.3 Å². The van der Waals surface area contributed by atoms with E-state index in [9.17, 15) is 16.8 Å². The fraction of sp³-hybridized carbons (Fsp3) is 0.267. The van der Waals surface area contributed by atoms with E-state index in [0.717, 1.165) is 12.8 Å². The fourth-order valence-electron chi connectivity index (χ4n) is 2.06. The van der Waals surface area contributed by atoms with E-state index in [1.807, 2.05) is 0 Å². The third kappa shape index (κ3) is 4.11. The molecule has 1 aliphatic rings. The Morgan fingerprint density at radius 2 is 1.42 bits per heavy atom. The number of benzene rings is 1. The lowest BCUT2D eigenvalue weighted by atomic mass is 10.4. The number of rotatable bonds is 7. The summed E-state index contributed by atoms with van der Waals surface area (Å²) >= 11 is 0. The van der Waals surface area contributed by atoms with Crippen LogP contribution in [0.4, 0.5) is 5.69 Å². The fourth-order valence-corrected chi connectivity index (χ4v) is 4.24. The number of nitrogens with one attached hydrogen (secondary N) is 2. The number of anilines is 1. The van der Waals surface area contributed by atoms with Crippen molar-refractivity contribution >= 4 is 25.7 Å². The molecule has 0 spiro atoms. The van der Waals surface area contributed by atoms with Crippen molar-refractivity contribution in [1.29, 1.82) is 0 Å². The molecule has 1 aromatic heterocycles. The zero-order chi connectivity index (χ0) is 17.2. The molecule has 1 fully saturated rings. The van der Waals surface area contributed by atoms with Gasteiger partial charge in [-0.3, -0.25) is 9.71 Å². The van der Waals surface area contributed by atoms with Crippen LogP contribution in [0, 0.1) is 5.92 Å². The number of hydrogen-bond acceptors (Lipinski definition) is 5. The molecule has 3 rings (SSSR count). The Morgan fingerprint density at radius 1 is 0.875 bits per heavy atom. The predicted molar refractivity (Wildman–Crippen MR) is 89.4 cm³/mol. The normalized spacial score (nSPS) is 15.2. The average Bonchev–Trinajstić information content (AvgIpc) is 3.38.